The van der Waals surface area contributed by atoms with Crippen molar-refractivity contribution in [2.75, 3.05) is 6.79 Å². The molecule has 2 aromatic carbocycles. The molecule has 2 aliphatic rings. The minimum absolute atomic E-state index is 0.0805. The average Bonchev–Trinajstić information content (AvgIpc) is 3.16. The van der Waals surface area contributed by atoms with Gasteiger partial charge in [-0.1, -0.05) is 23.7 Å². The molecule has 0 bridgehead atoms. The van der Waals surface area contributed by atoms with E-state index in [0.29, 0.717) is 27.6 Å². The molecule has 0 unspecified atom stereocenters. The third-order valence-corrected chi connectivity index (χ3v) is 5.14. The summed E-state index contributed by atoms with van der Waals surface area (Å²) in [6.45, 7) is 0.195. The Balaban J connectivity index is 1.59. The van der Waals surface area contributed by atoms with E-state index in [-0.39, 0.29) is 29.3 Å². The van der Waals surface area contributed by atoms with Crippen molar-refractivity contribution in [2.45, 2.75) is 6.54 Å². The Kier molecular flexibility index (Phi) is 4.34. The van der Waals surface area contributed by atoms with Gasteiger partial charge >= 0.3 is 0 Å². The first-order chi connectivity index (χ1) is 12.5. The normalized spacial score (nSPS) is 17.5. The lowest BCUT2D eigenvalue weighted by Gasteiger charge is -2.12. The number of carbonyl (C=O) groups is 2. The minimum atomic E-state index is -0.418. The zero-order chi connectivity index (χ0) is 18.3. The number of thioether (sulfide) groups is 1. The van der Waals surface area contributed by atoms with Gasteiger partial charge in [-0.05, 0) is 47.2 Å². The molecular formula is C18H11ClFNO4S. The number of hydrogen-bond donors (Lipinski definition) is 0. The summed E-state index contributed by atoms with van der Waals surface area (Å²) < 4.78 is 23.6. The lowest BCUT2D eigenvalue weighted by molar-refractivity contribution is -0.123. The Morgan fingerprint density at radius 2 is 1.85 bits per heavy atom. The van der Waals surface area contributed by atoms with Gasteiger partial charge in [0.2, 0.25) is 6.79 Å². The van der Waals surface area contributed by atoms with Crippen molar-refractivity contribution in [2.24, 2.45) is 0 Å². The molecule has 0 aliphatic carbocycles. The van der Waals surface area contributed by atoms with Crippen LogP contribution in [-0.2, 0) is 11.3 Å². The fraction of sp³-hybridized carbons (Fsp3) is 0.111. The summed E-state index contributed by atoms with van der Waals surface area (Å²) in [4.78, 5) is 26.2. The van der Waals surface area contributed by atoms with E-state index in [0.717, 1.165) is 16.7 Å². The molecule has 2 aromatic rings. The quantitative estimate of drug-likeness (QED) is 0.724. The van der Waals surface area contributed by atoms with E-state index in [1.54, 1.807) is 18.2 Å². The Labute approximate surface area is 157 Å². The number of imide groups is 1. The van der Waals surface area contributed by atoms with E-state index < -0.39 is 5.91 Å². The van der Waals surface area contributed by atoms with Gasteiger partial charge < -0.3 is 9.47 Å². The van der Waals surface area contributed by atoms with Crippen molar-refractivity contribution >= 4 is 40.6 Å². The van der Waals surface area contributed by atoms with E-state index in [4.69, 9.17) is 21.1 Å². The molecule has 0 atom stereocenters. The van der Waals surface area contributed by atoms with Gasteiger partial charge in [-0.15, -0.1) is 0 Å². The number of rotatable bonds is 3. The second-order valence-electron chi connectivity index (χ2n) is 5.62. The predicted molar refractivity (Wildman–Crippen MR) is 95.5 cm³/mol. The predicted octanol–water partition coefficient (Wildman–Crippen LogP) is 4.44. The van der Waals surface area contributed by atoms with Crippen molar-refractivity contribution in [1.82, 2.24) is 4.90 Å². The summed E-state index contributed by atoms with van der Waals surface area (Å²) in [5.41, 5.74) is 1.22. The molecule has 2 heterocycles. The second-order valence-corrected chi connectivity index (χ2v) is 7.02. The van der Waals surface area contributed by atoms with Gasteiger partial charge in [-0.25, -0.2) is 4.39 Å². The maximum absolute atomic E-state index is 13.0. The summed E-state index contributed by atoms with van der Waals surface area (Å²) in [5.74, 6) is 0.279. The van der Waals surface area contributed by atoms with Gasteiger partial charge in [0.25, 0.3) is 11.1 Å². The van der Waals surface area contributed by atoms with Crippen LogP contribution in [0, 0.1) is 5.82 Å². The van der Waals surface area contributed by atoms with E-state index in [9.17, 15) is 14.0 Å². The zero-order valence-electron chi connectivity index (χ0n) is 13.2. The average molecular weight is 392 g/mol. The molecule has 132 valence electrons. The van der Waals surface area contributed by atoms with Crippen LogP contribution in [-0.4, -0.2) is 22.8 Å². The highest BCUT2D eigenvalue weighted by molar-refractivity contribution is 8.18. The van der Waals surface area contributed by atoms with E-state index in [1.807, 2.05) is 0 Å². The maximum atomic E-state index is 13.0. The van der Waals surface area contributed by atoms with Gasteiger partial charge in [-0.2, -0.15) is 0 Å². The largest absolute Gasteiger partial charge is 0.454 e. The number of amides is 2. The highest BCUT2D eigenvalue weighted by atomic mass is 35.5. The minimum Gasteiger partial charge on any atom is -0.454 e. The number of carbonyl (C=O) groups excluding carboxylic acids is 2. The molecular weight excluding hydrogens is 381 g/mol. The van der Waals surface area contributed by atoms with Gasteiger partial charge in [-0.3, -0.25) is 14.5 Å². The molecule has 4 rings (SSSR count). The number of fused-ring (bicyclic) bond motifs is 1. The van der Waals surface area contributed by atoms with Crippen LogP contribution >= 0.6 is 23.4 Å². The molecule has 0 aromatic heterocycles. The van der Waals surface area contributed by atoms with Crippen molar-refractivity contribution in [1.29, 1.82) is 0 Å². The molecule has 0 radical (unpaired) electrons. The molecule has 8 heteroatoms. The van der Waals surface area contributed by atoms with Crippen LogP contribution in [0.25, 0.3) is 6.08 Å². The summed E-state index contributed by atoms with van der Waals surface area (Å²) in [7, 11) is 0. The van der Waals surface area contributed by atoms with Crippen molar-refractivity contribution in [3.63, 3.8) is 0 Å². The number of halogens is 2. The molecule has 2 amide bonds. The van der Waals surface area contributed by atoms with Crippen molar-refractivity contribution in [3.8, 4) is 11.5 Å². The highest BCUT2D eigenvalue weighted by Crippen LogP contribution is 2.40. The first-order valence-corrected chi connectivity index (χ1v) is 8.79. The summed E-state index contributed by atoms with van der Waals surface area (Å²) in [6, 6.07) is 8.93. The van der Waals surface area contributed by atoms with Crippen molar-refractivity contribution in [3.05, 3.63) is 63.3 Å². The summed E-state index contributed by atoms with van der Waals surface area (Å²) in [5, 5.41) is 0.00187. The fourth-order valence-electron chi connectivity index (χ4n) is 2.59. The molecule has 0 saturated carbocycles. The van der Waals surface area contributed by atoms with Gasteiger partial charge in [0.1, 0.15) is 5.82 Å². The molecule has 1 fully saturated rings. The van der Waals surface area contributed by atoms with Crippen LogP contribution in [0.5, 0.6) is 11.5 Å². The van der Waals surface area contributed by atoms with Crippen LogP contribution in [0.3, 0.4) is 0 Å². The SMILES string of the molecule is O=C1SC(=Cc2cc3c(cc2Cl)OCO3)C(=O)N1Cc1ccc(F)cc1. The molecule has 1 saturated heterocycles. The fourth-order valence-corrected chi connectivity index (χ4v) is 3.63. The van der Waals surface area contributed by atoms with Gasteiger partial charge in [0.15, 0.2) is 11.5 Å². The van der Waals surface area contributed by atoms with Gasteiger partial charge in [0, 0.05) is 6.07 Å². The van der Waals surface area contributed by atoms with Crippen LogP contribution in [0.4, 0.5) is 9.18 Å². The third-order valence-electron chi connectivity index (χ3n) is 3.91. The first kappa shape index (κ1) is 16.9. The van der Waals surface area contributed by atoms with Crippen molar-refractivity contribution < 1.29 is 23.5 Å². The summed E-state index contributed by atoms with van der Waals surface area (Å²) in [6.07, 6.45) is 1.56. The number of nitrogens with zero attached hydrogens (tertiary/aromatic N) is 1. The molecule has 2 aliphatic heterocycles. The van der Waals surface area contributed by atoms with E-state index >= 15 is 0 Å². The lowest BCUT2D eigenvalue weighted by Crippen LogP contribution is -2.27. The lowest BCUT2D eigenvalue weighted by atomic mass is 10.1. The molecule has 26 heavy (non-hydrogen) atoms. The number of ether oxygens (including phenoxy) is 2. The molecule has 5 nitrogen and oxygen atoms in total. The van der Waals surface area contributed by atoms with E-state index in [2.05, 4.69) is 0 Å². The number of hydrogen-bond acceptors (Lipinski definition) is 5. The first-order valence-electron chi connectivity index (χ1n) is 7.60. The standard InChI is InChI=1S/C18H11ClFNO4S/c19-13-7-15-14(24-9-25-15)5-11(13)6-16-17(22)21(18(23)26-16)8-10-1-3-12(20)4-2-10/h1-7H,8-9H2. The Bertz CT molecular complexity index is 945. The highest BCUT2D eigenvalue weighted by Gasteiger charge is 2.35. The van der Waals surface area contributed by atoms with Crippen LogP contribution < -0.4 is 9.47 Å². The monoisotopic (exact) mass is 391 g/mol. The Morgan fingerprint density at radius 1 is 1.15 bits per heavy atom. The van der Waals surface area contributed by atoms with Crippen LogP contribution in [0.1, 0.15) is 11.1 Å². The Morgan fingerprint density at radius 3 is 2.58 bits per heavy atom. The smallest absolute Gasteiger partial charge is 0.293 e. The molecule has 0 N–H and O–H groups in total. The van der Waals surface area contributed by atoms with Crippen LogP contribution in [0.15, 0.2) is 41.3 Å². The van der Waals surface area contributed by atoms with E-state index in [1.165, 1.54) is 24.3 Å². The second kappa shape index (κ2) is 6.66. The zero-order valence-corrected chi connectivity index (χ0v) is 14.8. The summed E-state index contributed by atoms with van der Waals surface area (Å²) >= 11 is 7.05. The topological polar surface area (TPSA) is 55.8 Å². The maximum Gasteiger partial charge on any atom is 0.293 e. The molecule has 0 spiro atoms. The van der Waals surface area contributed by atoms with Crippen LogP contribution in [0.2, 0.25) is 5.02 Å². The van der Waals surface area contributed by atoms with Gasteiger partial charge in [0.05, 0.1) is 16.5 Å². The Hall–Kier alpha value is -2.51. The number of benzene rings is 2. The third kappa shape index (κ3) is 3.15.